The molecule has 0 heterocycles. The Bertz CT molecular complexity index is 532. The van der Waals surface area contributed by atoms with E-state index in [1.807, 2.05) is 55.5 Å². The topological polar surface area (TPSA) is 44.5 Å². The highest BCUT2D eigenvalue weighted by molar-refractivity contribution is 5.31. The Labute approximate surface area is 120 Å². The van der Waals surface area contributed by atoms with Crippen LogP contribution < -0.4 is 15.2 Å². The van der Waals surface area contributed by atoms with Gasteiger partial charge in [0.25, 0.3) is 0 Å². The number of methoxy groups -OCH3 is 1. The molecule has 20 heavy (non-hydrogen) atoms. The highest BCUT2D eigenvalue weighted by atomic mass is 16.5. The normalized spacial score (nSPS) is 13.6. The fourth-order valence-corrected chi connectivity index (χ4v) is 2.04. The van der Waals surface area contributed by atoms with Crippen molar-refractivity contribution < 1.29 is 9.47 Å². The maximum atomic E-state index is 6.06. The van der Waals surface area contributed by atoms with Gasteiger partial charge >= 0.3 is 0 Å². The first-order chi connectivity index (χ1) is 9.60. The summed E-state index contributed by atoms with van der Waals surface area (Å²) in [5.41, 5.74) is 8.31. The molecule has 0 fully saturated rings. The van der Waals surface area contributed by atoms with Crippen molar-refractivity contribution >= 4 is 0 Å². The highest BCUT2D eigenvalue weighted by Crippen LogP contribution is 2.26. The van der Waals surface area contributed by atoms with Gasteiger partial charge in [0.1, 0.15) is 17.6 Å². The van der Waals surface area contributed by atoms with Gasteiger partial charge in [-0.25, -0.2) is 0 Å². The molecule has 0 aliphatic carbocycles. The standard InChI is InChI=1S/C17H21NO2/c1-12-4-8-16(9-5-12)20-17(13(2)18)14-6-10-15(19-3)11-7-14/h4-11,13,17H,18H2,1-3H3. The molecule has 0 bridgehead atoms. The van der Waals surface area contributed by atoms with Crippen molar-refractivity contribution in [2.45, 2.75) is 26.0 Å². The van der Waals surface area contributed by atoms with Crippen LogP contribution in [0.1, 0.15) is 24.2 Å². The molecule has 2 atom stereocenters. The van der Waals surface area contributed by atoms with Crippen LogP contribution in [0, 0.1) is 6.92 Å². The van der Waals surface area contributed by atoms with Gasteiger partial charge < -0.3 is 15.2 Å². The first-order valence-electron chi connectivity index (χ1n) is 6.73. The van der Waals surface area contributed by atoms with E-state index in [9.17, 15) is 0 Å². The van der Waals surface area contributed by atoms with E-state index in [1.54, 1.807) is 7.11 Å². The zero-order valence-corrected chi connectivity index (χ0v) is 12.2. The average Bonchev–Trinajstić information content (AvgIpc) is 2.46. The van der Waals surface area contributed by atoms with Gasteiger partial charge in [-0.15, -0.1) is 0 Å². The molecule has 2 aromatic rings. The molecule has 106 valence electrons. The molecule has 3 heteroatoms. The molecule has 2 aromatic carbocycles. The van der Waals surface area contributed by atoms with Crippen molar-refractivity contribution in [2.75, 3.05) is 7.11 Å². The van der Waals surface area contributed by atoms with Gasteiger partial charge in [0.05, 0.1) is 7.11 Å². The minimum absolute atomic E-state index is 0.107. The summed E-state index contributed by atoms with van der Waals surface area (Å²) in [5.74, 6) is 1.65. The van der Waals surface area contributed by atoms with Gasteiger partial charge in [-0.05, 0) is 43.7 Å². The number of benzene rings is 2. The lowest BCUT2D eigenvalue weighted by atomic mass is 10.0. The predicted molar refractivity (Wildman–Crippen MR) is 81.2 cm³/mol. The van der Waals surface area contributed by atoms with Crippen LogP contribution >= 0.6 is 0 Å². The number of hydrogen-bond donors (Lipinski definition) is 1. The Morgan fingerprint density at radius 2 is 1.45 bits per heavy atom. The molecule has 0 amide bonds. The highest BCUT2D eigenvalue weighted by Gasteiger charge is 2.18. The third-order valence-electron chi connectivity index (χ3n) is 3.21. The molecule has 2 rings (SSSR count). The molecule has 0 radical (unpaired) electrons. The lowest BCUT2D eigenvalue weighted by Crippen LogP contribution is -2.29. The number of nitrogens with two attached hydrogens (primary N) is 1. The lowest BCUT2D eigenvalue weighted by molar-refractivity contribution is 0.180. The fraction of sp³-hybridized carbons (Fsp3) is 0.294. The summed E-state index contributed by atoms with van der Waals surface area (Å²) in [6.07, 6.45) is -0.177. The van der Waals surface area contributed by atoms with Crippen molar-refractivity contribution in [1.29, 1.82) is 0 Å². The summed E-state index contributed by atoms with van der Waals surface area (Å²) in [6.45, 7) is 4.00. The Morgan fingerprint density at radius 1 is 0.900 bits per heavy atom. The molecular formula is C17H21NO2. The van der Waals surface area contributed by atoms with Crippen molar-refractivity contribution in [3.63, 3.8) is 0 Å². The van der Waals surface area contributed by atoms with Gasteiger partial charge in [0.2, 0.25) is 0 Å². The van der Waals surface area contributed by atoms with E-state index in [0.717, 1.165) is 17.1 Å². The first-order valence-corrected chi connectivity index (χ1v) is 6.73. The van der Waals surface area contributed by atoms with Crippen LogP contribution in [0.3, 0.4) is 0 Å². The Morgan fingerprint density at radius 3 is 1.95 bits per heavy atom. The summed E-state index contributed by atoms with van der Waals surface area (Å²) in [7, 11) is 1.65. The van der Waals surface area contributed by atoms with E-state index < -0.39 is 0 Å². The number of ether oxygens (including phenoxy) is 2. The largest absolute Gasteiger partial charge is 0.497 e. The molecule has 0 spiro atoms. The minimum Gasteiger partial charge on any atom is -0.497 e. The maximum Gasteiger partial charge on any atom is 0.138 e. The van der Waals surface area contributed by atoms with Gasteiger partial charge in [-0.1, -0.05) is 29.8 Å². The van der Waals surface area contributed by atoms with Crippen molar-refractivity contribution in [1.82, 2.24) is 0 Å². The quantitative estimate of drug-likeness (QED) is 0.905. The second-order valence-corrected chi connectivity index (χ2v) is 4.98. The van der Waals surface area contributed by atoms with E-state index in [1.165, 1.54) is 5.56 Å². The van der Waals surface area contributed by atoms with Crippen LogP contribution in [0.2, 0.25) is 0 Å². The number of aryl methyl sites for hydroxylation is 1. The van der Waals surface area contributed by atoms with Crippen LogP contribution in [0.25, 0.3) is 0 Å². The second kappa shape index (κ2) is 6.44. The number of rotatable bonds is 5. The summed E-state index contributed by atoms with van der Waals surface area (Å²) in [5, 5.41) is 0. The summed E-state index contributed by atoms with van der Waals surface area (Å²) in [4.78, 5) is 0. The van der Waals surface area contributed by atoms with Crippen LogP contribution in [0.4, 0.5) is 0 Å². The molecule has 3 nitrogen and oxygen atoms in total. The monoisotopic (exact) mass is 271 g/mol. The van der Waals surface area contributed by atoms with Crippen LogP contribution in [0.15, 0.2) is 48.5 Å². The first kappa shape index (κ1) is 14.4. The van der Waals surface area contributed by atoms with E-state index in [4.69, 9.17) is 15.2 Å². The lowest BCUT2D eigenvalue weighted by Gasteiger charge is -2.23. The molecule has 2 unspecified atom stereocenters. The van der Waals surface area contributed by atoms with E-state index >= 15 is 0 Å². The zero-order valence-electron chi connectivity index (χ0n) is 12.2. The molecule has 0 saturated heterocycles. The average molecular weight is 271 g/mol. The minimum atomic E-state index is -0.177. The van der Waals surface area contributed by atoms with Crippen molar-refractivity contribution in [3.05, 3.63) is 59.7 Å². The molecule has 2 N–H and O–H groups in total. The molecule has 0 saturated carbocycles. The van der Waals surface area contributed by atoms with Crippen molar-refractivity contribution in [3.8, 4) is 11.5 Å². The van der Waals surface area contributed by atoms with Gasteiger partial charge in [-0.3, -0.25) is 0 Å². The van der Waals surface area contributed by atoms with E-state index in [-0.39, 0.29) is 12.1 Å². The van der Waals surface area contributed by atoms with Crippen LogP contribution in [-0.2, 0) is 0 Å². The van der Waals surface area contributed by atoms with Gasteiger partial charge in [0, 0.05) is 6.04 Å². The smallest absolute Gasteiger partial charge is 0.138 e. The van der Waals surface area contributed by atoms with Gasteiger partial charge in [-0.2, -0.15) is 0 Å². The zero-order chi connectivity index (χ0) is 14.5. The van der Waals surface area contributed by atoms with Crippen LogP contribution in [-0.4, -0.2) is 13.2 Å². The fourth-order valence-electron chi connectivity index (χ4n) is 2.04. The molecule has 0 aliphatic heterocycles. The van der Waals surface area contributed by atoms with E-state index in [0.29, 0.717) is 0 Å². The third kappa shape index (κ3) is 3.52. The predicted octanol–water partition coefficient (Wildman–Crippen LogP) is 3.47. The maximum absolute atomic E-state index is 6.06. The van der Waals surface area contributed by atoms with Gasteiger partial charge in [0.15, 0.2) is 0 Å². The SMILES string of the molecule is COc1ccc(C(Oc2ccc(C)cc2)C(C)N)cc1. The summed E-state index contributed by atoms with van der Waals surface area (Å²) >= 11 is 0. The van der Waals surface area contributed by atoms with E-state index in [2.05, 4.69) is 6.92 Å². The van der Waals surface area contributed by atoms with Crippen LogP contribution in [0.5, 0.6) is 11.5 Å². The molecule has 0 aliphatic rings. The number of hydrogen-bond acceptors (Lipinski definition) is 3. The molecular weight excluding hydrogens is 250 g/mol. The summed E-state index contributed by atoms with van der Waals surface area (Å²) < 4.78 is 11.2. The Balaban J connectivity index is 2.19. The Hall–Kier alpha value is -2.00. The third-order valence-corrected chi connectivity index (χ3v) is 3.21. The Kier molecular flexibility index (Phi) is 4.64. The second-order valence-electron chi connectivity index (χ2n) is 4.98. The molecule has 0 aromatic heterocycles. The summed E-state index contributed by atoms with van der Waals surface area (Å²) in [6, 6.07) is 15.7. The van der Waals surface area contributed by atoms with Crippen molar-refractivity contribution in [2.24, 2.45) is 5.73 Å².